The highest BCUT2D eigenvalue weighted by atomic mass is 79.9. The highest BCUT2D eigenvalue weighted by molar-refractivity contribution is 9.10. The fourth-order valence-corrected chi connectivity index (χ4v) is 2.50. The van der Waals surface area contributed by atoms with E-state index in [4.69, 9.17) is 4.74 Å². The molecule has 3 rings (SSSR count). The average molecular weight is 315 g/mol. The maximum Gasteiger partial charge on any atom is 0.339 e. The number of halogens is 1. The molecule has 0 unspecified atom stereocenters. The highest BCUT2D eigenvalue weighted by Crippen LogP contribution is 2.31. The van der Waals surface area contributed by atoms with Gasteiger partial charge in [0.1, 0.15) is 5.75 Å². The van der Waals surface area contributed by atoms with Gasteiger partial charge in [-0.3, -0.25) is 0 Å². The van der Waals surface area contributed by atoms with Gasteiger partial charge >= 0.3 is 5.97 Å². The smallest absolute Gasteiger partial charge is 0.339 e. The Morgan fingerprint density at radius 3 is 2.68 bits per heavy atom. The van der Waals surface area contributed by atoms with Crippen LogP contribution < -0.4 is 4.74 Å². The number of rotatable bonds is 1. The third-order valence-corrected chi connectivity index (χ3v) is 3.50. The van der Waals surface area contributed by atoms with E-state index in [1.54, 1.807) is 0 Å². The minimum absolute atomic E-state index is 0.265. The number of benzene rings is 2. The average Bonchev–Trinajstić information content (AvgIpc) is 2.41. The van der Waals surface area contributed by atoms with Crippen molar-refractivity contribution in [3.05, 3.63) is 69.7 Å². The number of esters is 1. The highest BCUT2D eigenvalue weighted by Gasteiger charge is 2.22. The summed E-state index contributed by atoms with van der Waals surface area (Å²) in [5, 5.41) is 0. The van der Waals surface area contributed by atoms with Crippen molar-refractivity contribution in [2.24, 2.45) is 0 Å². The number of hydrogen-bond donors (Lipinski definition) is 0. The van der Waals surface area contributed by atoms with E-state index in [0.29, 0.717) is 17.7 Å². The number of carbonyl (C=O) groups is 1. The molecule has 0 saturated heterocycles. The van der Waals surface area contributed by atoms with E-state index in [2.05, 4.69) is 15.9 Å². The molecule has 1 heterocycles. The molecule has 1 aliphatic rings. The molecular formula is C16H11BrO2. The molecule has 19 heavy (non-hydrogen) atoms. The van der Waals surface area contributed by atoms with Crippen LogP contribution in [0.15, 0.2) is 58.6 Å². The van der Waals surface area contributed by atoms with Crippen molar-refractivity contribution in [2.75, 3.05) is 0 Å². The molecule has 2 aromatic rings. The van der Waals surface area contributed by atoms with Gasteiger partial charge in [0, 0.05) is 22.0 Å². The number of ether oxygens (including phenoxy) is 1. The minimum Gasteiger partial charge on any atom is -0.423 e. The second kappa shape index (κ2) is 5.02. The van der Waals surface area contributed by atoms with Gasteiger partial charge in [0.05, 0.1) is 0 Å². The minimum atomic E-state index is -0.265. The molecule has 1 aliphatic heterocycles. The first kappa shape index (κ1) is 12.2. The molecule has 0 aliphatic carbocycles. The monoisotopic (exact) mass is 314 g/mol. The molecule has 3 heteroatoms. The van der Waals surface area contributed by atoms with Crippen molar-refractivity contribution in [1.29, 1.82) is 0 Å². The molecule has 0 fully saturated rings. The van der Waals surface area contributed by atoms with Crippen LogP contribution in [0.3, 0.4) is 0 Å². The number of carbonyl (C=O) groups excluding carboxylic acids is 1. The number of hydrogen-bond acceptors (Lipinski definition) is 2. The largest absolute Gasteiger partial charge is 0.423 e. The molecule has 0 atom stereocenters. The van der Waals surface area contributed by atoms with Crippen LogP contribution in [0.4, 0.5) is 0 Å². The molecule has 0 saturated carbocycles. The topological polar surface area (TPSA) is 26.3 Å². The van der Waals surface area contributed by atoms with Gasteiger partial charge < -0.3 is 4.74 Å². The Labute approximate surface area is 119 Å². The molecule has 0 radical (unpaired) electrons. The Kier molecular flexibility index (Phi) is 3.22. The van der Waals surface area contributed by atoms with Crippen molar-refractivity contribution in [3.8, 4) is 5.75 Å². The van der Waals surface area contributed by atoms with Crippen LogP contribution in [0.25, 0.3) is 6.08 Å². The lowest BCUT2D eigenvalue weighted by atomic mass is 9.99. The van der Waals surface area contributed by atoms with Gasteiger partial charge in [-0.05, 0) is 29.8 Å². The van der Waals surface area contributed by atoms with Gasteiger partial charge in [0.2, 0.25) is 0 Å². The Morgan fingerprint density at radius 1 is 1.11 bits per heavy atom. The predicted molar refractivity (Wildman–Crippen MR) is 77.9 cm³/mol. The van der Waals surface area contributed by atoms with Gasteiger partial charge in [0.25, 0.3) is 0 Å². The second-order valence-electron chi connectivity index (χ2n) is 4.40. The van der Waals surface area contributed by atoms with E-state index < -0.39 is 0 Å². The molecule has 94 valence electrons. The first-order valence-corrected chi connectivity index (χ1v) is 6.78. The van der Waals surface area contributed by atoms with E-state index >= 15 is 0 Å². The van der Waals surface area contributed by atoms with E-state index in [0.717, 1.165) is 15.6 Å². The van der Waals surface area contributed by atoms with Crippen LogP contribution in [0.5, 0.6) is 5.75 Å². The lowest BCUT2D eigenvalue weighted by molar-refractivity contribution is -0.130. The molecule has 0 bridgehead atoms. The summed E-state index contributed by atoms with van der Waals surface area (Å²) in [6.07, 6.45) is 2.48. The maximum absolute atomic E-state index is 11.9. The molecule has 0 spiro atoms. The van der Waals surface area contributed by atoms with Crippen molar-refractivity contribution in [3.63, 3.8) is 0 Å². The summed E-state index contributed by atoms with van der Waals surface area (Å²) < 4.78 is 6.33. The van der Waals surface area contributed by atoms with E-state index in [-0.39, 0.29) is 5.97 Å². The third-order valence-electron chi connectivity index (χ3n) is 3.01. The summed E-state index contributed by atoms with van der Waals surface area (Å²) in [5.41, 5.74) is 2.71. The molecule has 0 aromatic heterocycles. The SMILES string of the molecule is O=C1Oc2ccc(Br)cc2CC1=Cc1ccccc1. The Bertz CT molecular complexity index is 660. The van der Waals surface area contributed by atoms with Crippen molar-refractivity contribution < 1.29 is 9.53 Å². The predicted octanol–water partition coefficient (Wildman–Crippen LogP) is 3.99. The quantitative estimate of drug-likeness (QED) is 0.452. The Balaban J connectivity index is 1.97. The van der Waals surface area contributed by atoms with Crippen molar-refractivity contribution >= 4 is 28.0 Å². The normalized spacial score (nSPS) is 16.1. The van der Waals surface area contributed by atoms with E-state index in [1.165, 1.54) is 0 Å². The number of fused-ring (bicyclic) bond motifs is 1. The standard InChI is InChI=1S/C16H11BrO2/c17-14-6-7-15-12(10-14)9-13(16(18)19-15)8-11-4-2-1-3-5-11/h1-8,10H,9H2. The zero-order chi connectivity index (χ0) is 13.2. The summed E-state index contributed by atoms with van der Waals surface area (Å²) in [6, 6.07) is 15.5. The molecule has 2 aromatic carbocycles. The fraction of sp³-hybridized carbons (Fsp3) is 0.0625. The molecular weight excluding hydrogens is 304 g/mol. The molecule has 0 N–H and O–H groups in total. The van der Waals surface area contributed by atoms with Crippen LogP contribution in [0.2, 0.25) is 0 Å². The first-order chi connectivity index (χ1) is 9.22. The summed E-state index contributed by atoms with van der Waals surface area (Å²) in [7, 11) is 0. The van der Waals surface area contributed by atoms with Crippen LogP contribution in [0.1, 0.15) is 11.1 Å². The zero-order valence-electron chi connectivity index (χ0n) is 10.1. The zero-order valence-corrected chi connectivity index (χ0v) is 11.7. The second-order valence-corrected chi connectivity index (χ2v) is 5.31. The lowest BCUT2D eigenvalue weighted by Crippen LogP contribution is -2.19. The van der Waals surface area contributed by atoms with Crippen LogP contribution in [0, 0.1) is 0 Å². The molecule has 0 amide bonds. The van der Waals surface area contributed by atoms with Crippen LogP contribution >= 0.6 is 15.9 Å². The summed E-state index contributed by atoms with van der Waals surface area (Å²) in [6.45, 7) is 0. The van der Waals surface area contributed by atoms with Crippen molar-refractivity contribution in [1.82, 2.24) is 0 Å². The van der Waals surface area contributed by atoms with Crippen LogP contribution in [-0.4, -0.2) is 5.97 Å². The van der Waals surface area contributed by atoms with E-state index in [1.807, 2.05) is 54.6 Å². The molecule has 2 nitrogen and oxygen atoms in total. The first-order valence-electron chi connectivity index (χ1n) is 5.98. The van der Waals surface area contributed by atoms with Gasteiger partial charge in [-0.15, -0.1) is 0 Å². The Hall–Kier alpha value is -1.87. The van der Waals surface area contributed by atoms with Gasteiger partial charge in [-0.1, -0.05) is 46.3 Å². The summed E-state index contributed by atoms with van der Waals surface area (Å²) in [5.74, 6) is 0.386. The van der Waals surface area contributed by atoms with Gasteiger partial charge in [0.15, 0.2) is 0 Å². The van der Waals surface area contributed by atoms with E-state index in [9.17, 15) is 4.79 Å². The van der Waals surface area contributed by atoms with Crippen LogP contribution in [-0.2, 0) is 11.2 Å². The van der Waals surface area contributed by atoms with Crippen molar-refractivity contribution in [2.45, 2.75) is 6.42 Å². The maximum atomic E-state index is 11.9. The summed E-state index contributed by atoms with van der Waals surface area (Å²) >= 11 is 3.43. The van der Waals surface area contributed by atoms with Gasteiger partial charge in [-0.25, -0.2) is 4.79 Å². The lowest BCUT2D eigenvalue weighted by Gasteiger charge is -2.18. The summed E-state index contributed by atoms with van der Waals surface area (Å²) in [4.78, 5) is 11.9. The Morgan fingerprint density at radius 2 is 1.89 bits per heavy atom. The van der Waals surface area contributed by atoms with Gasteiger partial charge in [-0.2, -0.15) is 0 Å². The third kappa shape index (κ3) is 2.61. The fourth-order valence-electron chi connectivity index (χ4n) is 2.09.